The number of rotatable bonds is 2. The van der Waals surface area contributed by atoms with Gasteiger partial charge in [-0.3, -0.25) is 4.99 Å². The molecule has 1 aromatic rings. The van der Waals surface area contributed by atoms with Crippen LogP contribution in [0.5, 0.6) is 0 Å². The summed E-state index contributed by atoms with van der Waals surface area (Å²) in [5.74, 6) is 0.746. The van der Waals surface area contributed by atoms with Gasteiger partial charge in [0.1, 0.15) is 0 Å². The van der Waals surface area contributed by atoms with Crippen molar-refractivity contribution in [1.82, 2.24) is 4.90 Å². The summed E-state index contributed by atoms with van der Waals surface area (Å²) in [6.07, 6.45) is 5.18. The van der Waals surface area contributed by atoms with Crippen molar-refractivity contribution in [2.45, 2.75) is 44.7 Å². The highest BCUT2D eigenvalue weighted by Crippen LogP contribution is 2.34. The predicted molar refractivity (Wildman–Crippen MR) is 74.5 cm³/mol. The van der Waals surface area contributed by atoms with Crippen LogP contribution in [0.3, 0.4) is 0 Å². The molecule has 1 saturated carbocycles. The van der Waals surface area contributed by atoms with Gasteiger partial charge < -0.3 is 10.6 Å². The van der Waals surface area contributed by atoms with Gasteiger partial charge in [-0.25, -0.2) is 0 Å². The van der Waals surface area contributed by atoms with Crippen molar-refractivity contribution in [3.63, 3.8) is 0 Å². The standard InChI is InChI=1S/C15H21N3/c1-11-6-2-5-9-13(11)14-10-17-15(16)18(14)12-7-3-4-8-12/h2,5-6,9,12,14H,3-4,7-8,10H2,1H3,(H2,16,17). The summed E-state index contributed by atoms with van der Waals surface area (Å²) >= 11 is 0. The van der Waals surface area contributed by atoms with E-state index in [2.05, 4.69) is 41.1 Å². The first-order valence-corrected chi connectivity index (χ1v) is 6.91. The van der Waals surface area contributed by atoms with Crippen LogP contribution < -0.4 is 5.73 Å². The molecule has 1 aromatic carbocycles. The molecular formula is C15H21N3. The average Bonchev–Trinajstić information content (AvgIpc) is 2.98. The lowest BCUT2D eigenvalue weighted by Crippen LogP contribution is -2.42. The first-order chi connectivity index (χ1) is 8.77. The largest absolute Gasteiger partial charge is 0.370 e. The highest BCUT2D eigenvalue weighted by Gasteiger charge is 2.34. The Morgan fingerprint density at radius 2 is 1.94 bits per heavy atom. The number of hydrogen-bond acceptors (Lipinski definition) is 3. The smallest absolute Gasteiger partial charge is 0.192 e. The molecule has 2 N–H and O–H groups in total. The Hall–Kier alpha value is -1.51. The highest BCUT2D eigenvalue weighted by atomic mass is 15.3. The van der Waals surface area contributed by atoms with Gasteiger partial charge in [0.05, 0.1) is 12.6 Å². The van der Waals surface area contributed by atoms with E-state index in [1.165, 1.54) is 36.8 Å². The Bertz CT molecular complexity index is 461. The molecule has 1 atom stereocenters. The fourth-order valence-corrected chi connectivity index (χ4v) is 3.34. The van der Waals surface area contributed by atoms with Crippen molar-refractivity contribution in [1.29, 1.82) is 0 Å². The topological polar surface area (TPSA) is 41.6 Å². The van der Waals surface area contributed by atoms with Crippen LogP contribution in [0.15, 0.2) is 29.3 Å². The van der Waals surface area contributed by atoms with Gasteiger partial charge in [0.25, 0.3) is 0 Å². The van der Waals surface area contributed by atoms with E-state index in [0.717, 1.165) is 12.5 Å². The molecule has 0 amide bonds. The normalized spacial score (nSPS) is 24.6. The molecule has 1 aliphatic heterocycles. The Morgan fingerprint density at radius 1 is 1.22 bits per heavy atom. The number of aliphatic imine (C=N–C) groups is 1. The number of benzene rings is 1. The maximum absolute atomic E-state index is 6.11. The predicted octanol–water partition coefficient (Wildman–Crippen LogP) is 2.61. The Morgan fingerprint density at radius 3 is 2.67 bits per heavy atom. The monoisotopic (exact) mass is 243 g/mol. The zero-order valence-corrected chi connectivity index (χ0v) is 11.0. The SMILES string of the molecule is Cc1ccccc1C1CN=C(N)N1C1CCCC1. The van der Waals surface area contributed by atoms with Gasteiger partial charge in [-0.15, -0.1) is 0 Å². The molecule has 1 heterocycles. The number of hydrogen-bond donors (Lipinski definition) is 1. The van der Waals surface area contributed by atoms with Gasteiger partial charge in [0.2, 0.25) is 0 Å². The van der Waals surface area contributed by atoms with Crippen molar-refractivity contribution < 1.29 is 0 Å². The molecule has 18 heavy (non-hydrogen) atoms. The molecule has 1 fully saturated rings. The second-order valence-corrected chi connectivity index (χ2v) is 5.42. The van der Waals surface area contributed by atoms with Crippen molar-refractivity contribution in [3.8, 4) is 0 Å². The van der Waals surface area contributed by atoms with Gasteiger partial charge in [0.15, 0.2) is 5.96 Å². The van der Waals surface area contributed by atoms with Gasteiger partial charge >= 0.3 is 0 Å². The summed E-state index contributed by atoms with van der Waals surface area (Å²) in [5.41, 5.74) is 8.84. The number of aryl methyl sites for hydroxylation is 1. The lowest BCUT2D eigenvalue weighted by Gasteiger charge is -2.33. The van der Waals surface area contributed by atoms with E-state index in [1.807, 2.05) is 0 Å². The minimum absolute atomic E-state index is 0.356. The molecule has 3 rings (SSSR count). The van der Waals surface area contributed by atoms with Crippen LogP contribution in [0.4, 0.5) is 0 Å². The summed E-state index contributed by atoms with van der Waals surface area (Å²) in [6, 6.07) is 9.56. The van der Waals surface area contributed by atoms with Crippen LogP contribution in [0.2, 0.25) is 0 Å². The zero-order valence-electron chi connectivity index (χ0n) is 11.0. The average molecular weight is 243 g/mol. The molecule has 0 saturated heterocycles. The van der Waals surface area contributed by atoms with E-state index in [4.69, 9.17) is 5.73 Å². The van der Waals surface area contributed by atoms with Crippen molar-refractivity contribution >= 4 is 5.96 Å². The maximum Gasteiger partial charge on any atom is 0.192 e. The summed E-state index contributed by atoms with van der Waals surface area (Å²) < 4.78 is 0. The van der Waals surface area contributed by atoms with Crippen LogP contribution in [0.1, 0.15) is 42.9 Å². The minimum Gasteiger partial charge on any atom is -0.370 e. The van der Waals surface area contributed by atoms with Gasteiger partial charge in [-0.05, 0) is 30.9 Å². The molecule has 3 heteroatoms. The minimum atomic E-state index is 0.356. The third kappa shape index (κ3) is 1.88. The number of guanidine groups is 1. The van der Waals surface area contributed by atoms with E-state index in [0.29, 0.717) is 12.1 Å². The highest BCUT2D eigenvalue weighted by molar-refractivity contribution is 5.81. The quantitative estimate of drug-likeness (QED) is 0.867. The number of nitrogens with zero attached hydrogens (tertiary/aromatic N) is 2. The molecule has 96 valence electrons. The summed E-state index contributed by atoms with van der Waals surface area (Å²) in [7, 11) is 0. The first-order valence-electron chi connectivity index (χ1n) is 6.91. The van der Waals surface area contributed by atoms with E-state index in [-0.39, 0.29) is 0 Å². The molecule has 0 spiro atoms. The van der Waals surface area contributed by atoms with Gasteiger partial charge in [-0.1, -0.05) is 37.1 Å². The van der Waals surface area contributed by atoms with Crippen LogP contribution >= 0.6 is 0 Å². The molecule has 2 aliphatic rings. The van der Waals surface area contributed by atoms with Crippen LogP contribution in [-0.4, -0.2) is 23.4 Å². The molecule has 0 bridgehead atoms. The van der Waals surface area contributed by atoms with Gasteiger partial charge in [0, 0.05) is 6.04 Å². The Kier molecular flexibility index (Phi) is 2.98. The second kappa shape index (κ2) is 4.63. The summed E-state index contributed by atoms with van der Waals surface area (Å²) in [4.78, 5) is 6.85. The van der Waals surface area contributed by atoms with Crippen LogP contribution in [-0.2, 0) is 0 Å². The van der Waals surface area contributed by atoms with Crippen LogP contribution in [0.25, 0.3) is 0 Å². The third-order valence-electron chi connectivity index (χ3n) is 4.29. The van der Waals surface area contributed by atoms with Crippen molar-refractivity contribution in [2.75, 3.05) is 6.54 Å². The second-order valence-electron chi connectivity index (χ2n) is 5.42. The maximum atomic E-state index is 6.11. The van der Waals surface area contributed by atoms with E-state index in [1.54, 1.807) is 0 Å². The summed E-state index contributed by atoms with van der Waals surface area (Å²) in [5, 5.41) is 0. The molecule has 0 radical (unpaired) electrons. The van der Waals surface area contributed by atoms with E-state index < -0.39 is 0 Å². The van der Waals surface area contributed by atoms with Gasteiger partial charge in [-0.2, -0.15) is 0 Å². The first kappa shape index (κ1) is 11.6. The molecule has 1 aliphatic carbocycles. The Balaban J connectivity index is 1.90. The van der Waals surface area contributed by atoms with E-state index in [9.17, 15) is 0 Å². The fourth-order valence-electron chi connectivity index (χ4n) is 3.34. The lowest BCUT2D eigenvalue weighted by molar-refractivity contribution is 0.261. The number of nitrogens with two attached hydrogens (primary N) is 1. The lowest BCUT2D eigenvalue weighted by atomic mass is 9.99. The van der Waals surface area contributed by atoms with Crippen molar-refractivity contribution in [2.24, 2.45) is 10.7 Å². The van der Waals surface area contributed by atoms with E-state index >= 15 is 0 Å². The fraction of sp³-hybridized carbons (Fsp3) is 0.533. The molecule has 1 unspecified atom stereocenters. The molecule has 0 aromatic heterocycles. The molecule has 3 nitrogen and oxygen atoms in total. The Labute approximate surface area is 109 Å². The van der Waals surface area contributed by atoms with Crippen molar-refractivity contribution in [3.05, 3.63) is 35.4 Å². The molecular weight excluding hydrogens is 222 g/mol. The third-order valence-corrected chi connectivity index (χ3v) is 4.29. The van der Waals surface area contributed by atoms with Crippen LogP contribution in [0, 0.1) is 6.92 Å². The summed E-state index contributed by atoms with van der Waals surface area (Å²) in [6.45, 7) is 2.99. The zero-order chi connectivity index (χ0) is 12.5.